The van der Waals surface area contributed by atoms with Gasteiger partial charge in [-0.15, -0.1) is 0 Å². The van der Waals surface area contributed by atoms with Gasteiger partial charge in [0.05, 0.1) is 19.7 Å². The molecule has 1 aromatic rings. The van der Waals surface area contributed by atoms with E-state index in [0.29, 0.717) is 50.4 Å². The highest BCUT2D eigenvalue weighted by molar-refractivity contribution is 5.99. The Morgan fingerprint density at radius 3 is 2.64 bits per heavy atom. The van der Waals surface area contributed by atoms with Crippen molar-refractivity contribution in [2.45, 2.75) is 37.7 Å². The average molecular weight is 385 g/mol. The number of amides is 2. The third-order valence-corrected chi connectivity index (χ3v) is 5.68. The van der Waals surface area contributed by atoms with Gasteiger partial charge in [-0.3, -0.25) is 4.79 Å². The monoisotopic (exact) mass is 385 g/mol. The summed E-state index contributed by atoms with van der Waals surface area (Å²) in [5, 5.41) is 12.3. The lowest BCUT2D eigenvalue weighted by atomic mass is 9.83. The van der Waals surface area contributed by atoms with Crippen LogP contribution in [0.1, 0.15) is 37.7 Å². The van der Waals surface area contributed by atoms with Crippen molar-refractivity contribution in [1.29, 1.82) is 5.41 Å². The predicted molar refractivity (Wildman–Crippen MR) is 106 cm³/mol. The summed E-state index contributed by atoms with van der Waals surface area (Å²) in [7, 11) is 1.78. The average Bonchev–Trinajstić information content (AvgIpc) is 2.72. The van der Waals surface area contributed by atoms with E-state index in [2.05, 4.69) is 24.4 Å². The van der Waals surface area contributed by atoms with Gasteiger partial charge in [0, 0.05) is 32.5 Å². The number of benzene rings is 1. The number of allylic oxidation sites excluding steroid dienone is 2. The Morgan fingerprint density at radius 1 is 1.36 bits per heavy atom. The SMILES string of the molecule is C[NH2+]C1=C(C=N)OC2(CCN(C(=O)NC[C@H](C)c3ccccc3)CC2)CC1=O. The van der Waals surface area contributed by atoms with Crippen molar-refractivity contribution in [3.8, 4) is 0 Å². The Labute approximate surface area is 165 Å². The number of nitrogens with zero attached hydrogens (tertiary/aromatic N) is 1. The summed E-state index contributed by atoms with van der Waals surface area (Å²) in [6.45, 7) is 3.75. The first-order valence-electron chi connectivity index (χ1n) is 9.82. The fourth-order valence-corrected chi connectivity index (χ4v) is 3.91. The molecule has 0 radical (unpaired) electrons. The van der Waals surface area contributed by atoms with E-state index in [0.717, 1.165) is 6.21 Å². The van der Waals surface area contributed by atoms with Crippen LogP contribution in [0.4, 0.5) is 4.79 Å². The summed E-state index contributed by atoms with van der Waals surface area (Å²) in [4.78, 5) is 26.8. The Balaban J connectivity index is 1.54. The van der Waals surface area contributed by atoms with Crippen molar-refractivity contribution < 1.29 is 19.6 Å². The third kappa shape index (κ3) is 4.25. The van der Waals surface area contributed by atoms with E-state index in [-0.39, 0.29) is 17.7 Å². The van der Waals surface area contributed by atoms with Crippen molar-refractivity contribution in [3.05, 3.63) is 47.4 Å². The lowest BCUT2D eigenvalue weighted by Crippen LogP contribution is -2.80. The van der Waals surface area contributed by atoms with Gasteiger partial charge in [0.15, 0.2) is 0 Å². The smallest absolute Gasteiger partial charge is 0.317 e. The number of nitrogens with one attached hydrogen (secondary N) is 2. The third-order valence-electron chi connectivity index (χ3n) is 5.68. The summed E-state index contributed by atoms with van der Waals surface area (Å²) >= 11 is 0. The Kier molecular flexibility index (Phi) is 6.14. The second-order valence-corrected chi connectivity index (χ2v) is 7.58. The first-order chi connectivity index (χ1) is 13.5. The van der Waals surface area contributed by atoms with E-state index in [4.69, 9.17) is 10.1 Å². The number of rotatable bonds is 5. The largest absolute Gasteiger partial charge is 0.479 e. The molecule has 2 aliphatic heterocycles. The molecule has 2 aliphatic rings. The summed E-state index contributed by atoms with van der Waals surface area (Å²) in [6, 6.07) is 10.0. The van der Waals surface area contributed by atoms with Crippen LogP contribution in [-0.2, 0) is 9.53 Å². The molecule has 1 saturated heterocycles. The molecule has 1 fully saturated rings. The van der Waals surface area contributed by atoms with Crippen molar-refractivity contribution in [1.82, 2.24) is 10.2 Å². The molecule has 0 unspecified atom stereocenters. The van der Waals surface area contributed by atoms with Crippen LogP contribution in [0.25, 0.3) is 0 Å². The molecule has 0 saturated carbocycles. The minimum Gasteiger partial charge on any atom is -0.479 e. The number of urea groups is 1. The number of carbonyl (C=O) groups excluding carboxylic acids is 2. The molecular formula is C21H29N4O3+. The van der Waals surface area contributed by atoms with Gasteiger partial charge in [-0.25, -0.2) is 4.79 Å². The quantitative estimate of drug-likeness (QED) is 0.668. The maximum Gasteiger partial charge on any atom is 0.317 e. The highest BCUT2D eigenvalue weighted by Gasteiger charge is 2.45. The fourth-order valence-electron chi connectivity index (χ4n) is 3.91. The molecule has 28 heavy (non-hydrogen) atoms. The normalized spacial score (nSPS) is 19.9. The fraction of sp³-hybridized carbons (Fsp3) is 0.476. The molecule has 1 aromatic carbocycles. The van der Waals surface area contributed by atoms with Crippen molar-refractivity contribution in [2.24, 2.45) is 0 Å². The zero-order valence-electron chi connectivity index (χ0n) is 16.5. The summed E-state index contributed by atoms with van der Waals surface area (Å²) in [5.41, 5.74) is 1.09. The minimum absolute atomic E-state index is 0.0156. The Bertz CT molecular complexity index is 767. The molecule has 0 aliphatic carbocycles. The van der Waals surface area contributed by atoms with Crippen LogP contribution in [0.2, 0.25) is 0 Å². The molecule has 150 valence electrons. The summed E-state index contributed by atoms with van der Waals surface area (Å²) in [6.07, 6.45) is 2.60. The Morgan fingerprint density at radius 2 is 2.04 bits per heavy atom. The van der Waals surface area contributed by atoms with Crippen LogP contribution in [0.15, 0.2) is 41.8 Å². The molecular weight excluding hydrogens is 356 g/mol. The number of ketones is 1. The van der Waals surface area contributed by atoms with Crippen LogP contribution in [-0.4, -0.2) is 55.2 Å². The van der Waals surface area contributed by atoms with Gasteiger partial charge in [0.25, 0.3) is 0 Å². The Hall–Kier alpha value is -2.67. The van der Waals surface area contributed by atoms with Gasteiger partial charge < -0.3 is 25.7 Å². The number of nitrogens with two attached hydrogens (primary N) is 1. The van der Waals surface area contributed by atoms with E-state index in [1.807, 2.05) is 18.2 Å². The molecule has 1 atom stereocenters. The lowest BCUT2D eigenvalue weighted by Gasteiger charge is -2.43. The molecule has 0 bridgehead atoms. The molecule has 0 aromatic heterocycles. The maximum atomic E-state index is 12.5. The molecule has 2 heterocycles. The van der Waals surface area contributed by atoms with Gasteiger partial charge in [-0.1, -0.05) is 37.3 Å². The van der Waals surface area contributed by atoms with E-state index in [1.165, 1.54) is 5.56 Å². The minimum atomic E-state index is -0.593. The molecule has 2 amide bonds. The van der Waals surface area contributed by atoms with Crippen LogP contribution >= 0.6 is 0 Å². The van der Waals surface area contributed by atoms with Crippen molar-refractivity contribution in [3.63, 3.8) is 0 Å². The zero-order valence-corrected chi connectivity index (χ0v) is 16.5. The number of likely N-dealkylation sites (N-methyl/N-ethyl adjacent to an activating group) is 1. The maximum absolute atomic E-state index is 12.5. The molecule has 4 N–H and O–H groups in total. The van der Waals surface area contributed by atoms with Gasteiger partial charge in [-0.05, 0) is 11.5 Å². The molecule has 7 nitrogen and oxygen atoms in total. The van der Waals surface area contributed by atoms with Crippen LogP contribution in [0.5, 0.6) is 0 Å². The van der Waals surface area contributed by atoms with Gasteiger partial charge in [-0.2, -0.15) is 0 Å². The van der Waals surface area contributed by atoms with E-state index in [9.17, 15) is 9.59 Å². The van der Waals surface area contributed by atoms with E-state index in [1.54, 1.807) is 17.3 Å². The number of carbonyl (C=O) groups is 2. The summed E-state index contributed by atoms with van der Waals surface area (Å²) in [5.74, 6) is 0.597. The number of Topliss-reactive ketones (excluding diaryl/α,β-unsaturated/α-hetero) is 1. The number of piperidine rings is 1. The van der Waals surface area contributed by atoms with Crippen molar-refractivity contribution in [2.75, 3.05) is 26.7 Å². The predicted octanol–water partition coefficient (Wildman–Crippen LogP) is 1.38. The van der Waals surface area contributed by atoms with E-state index < -0.39 is 5.60 Å². The molecule has 7 heteroatoms. The number of quaternary nitrogens is 1. The number of hydrogen-bond donors (Lipinski definition) is 3. The molecule has 1 spiro atoms. The number of likely N-dealkylation sites (tertiary alicyclic amines) is 1. The van der Waals surface area contributed by atoms with Gasteiger partial charge >= 0.3 is 6.03 Å². The van der Waals surface area contributed by atoms with E-state index >= 15 is 0 Å². The van der Waals surface area contributed by atoms with Gasteiger partial charge in [0.1, 0.15) is 5.60 Å². The highest BCUT2D eigenvalue weighted by Crippen LogP contribution is 2.36. The standard InChI is InChI=1S/C21H28N4O3/c1-15(16-6-4-3-5-7-16)14-24-20(27)25-10-8-21(9-11-25)12-17(26)19(23-2)18(13-22)28-21/h3-7,13,15,22-23H,8-12,14H2,1-2H3,(H,24,27)/p+1/t15-/m0/s1. The van der Waals surface area contributed by atoms with Gasteiger partial charge in [0.2, 0.25) is 17.2 Å². The zero-order chi connectivity index (χ0) is 20.1. The summed E-state index contributed by atoms with van der Waals surface area (Å²) < 4.78 is 6.05. The number of ether oxygens (including phenoxy) is 1. The van der Waals surface area contributed by atoms with Crippen LogP contribution < -0.4 is 10.6 Å². The second-order valence-electron chi connectivity index (χ2n) is 7.58. The first-order valence-corrected chi connectivity index (χ1v) is 9.82. The lowest BCUT2D eigenvalue weighted by molar-refractivity contribution is -0.572. The van der Waals surface area contributed by atoms with Crippen molar-refractivity contribution >= 4 is 18.0 Å². The highest BCUT2D eigenvalue weighted by atomic mass is 16.5. The topological polar surface area (TPSA) is 99.1 Å². The first kappa shape index (κ1) is 20.1. The van der Waals surface area contributed by atoms with Crippen LogP contribution in [0.3, 0.4) is 0 Å². The van der Waals surface area contributed by atoms with Crippen LogP contribution in [0, 0.1) is 5.41 Å². The number of hydrogen-bond acceptors (Lipinski definition) is 4. The molecule has 3 rings (SSSR count). The second kappa shape index (κ2) is 8.56.